The average Bonchev–Trinajstić information content (AvgIpc) is 3.30. The Kier molecular flexibility index (Phi) is 4.42. The number of amides is 1. The summed E-state index contributed by atoms with van der Waals surface area (Å²) < 4.78 is 10.7. The summed E-state index contributed by atoms with van der Waals surface area (Å²) in [6, 6.07) is 9.49. The maximum Gasteiger partial charge on any atom is 0.236 e. The molecule has 0 unspecified atom stereocenters. The summed E-state index contributed by atoms with van der Waals surface area (Å²) in [5.74, 6) is 2.02. The Morgan fingerprint density at radius 3 is 2.58 bits per heavy atom. The van der Waals surface area contributed by atoms with Crippen molar-refractivity contribution in [2.24, 2.45) is 0 Å². The summed E-state index contributed by atoms with van der Waals surface area (Å²) >= 11 is 0. The van der Waals surface area contributed by atoms with Gasteiger partial charge in [-0.25, -0.2) is 4.98 Å². The van der Waals surface area contributed by atoms with Gasteiger partial charge in [-0.05, 0) is 49.1 Å². The van der Waals surface area contributed by atoms with Crippen LogP contribution in [0.4, 0.5) is 5.82 Å². The van der Waals surface area contributed by atoms with Crippen molar-refractivity contribution in [3.8, 4) is 11.5 Å². The van der Waals surface area contributed by atoms with Gasteiger partial charge in [0.1, 0.15) is 5.82 Å². The molecule has 5 nitrogen and oxygen atoms in total. The van der Waals surface area contributed by atoms with E-state index in [0.29, 0.717) is 11.6 Å². The van der Waals surface area contributed by atoms with Crippen LogP contribution in [0.5, 0.6) is 11.5 Å². The second-order valence-electron chi connectivity index (χ2n) is 5.83. The number of carbonyl (C=O) groups is 1. The minimum atomic E-state index is -0.465. The summed E-state index contributed by atoms with van der Waals surface area (Å²) in [6.07, 6.45) is 3.42. The molecule has 0 bridgehead atoms. The molecule has 1 aliphatic heterocycles. The highest BCUT2D eigenvalue weighted by Gasteiger charge is 2.51. The van der Waals surface area contributed by atoms with Crippen LogP contribution in [-0.4, -0.2) is 17.7 Å². The van der Waals surface area contributed by atoms with Crippen LogP contribution >= 0.6 is 0 Å². The van der Waals surface area contributed by atoms with Gasteiger partial charge < -0.3 is 14.8 Å². The van der Waals surface area contributed by atoms with E-state index >= 15 is 0 Å². The Balaban J connectivity index is 0.000000726. The summed E-state index contributed by atoms with van der Waals surface area (Å²) in [6.45, 7) is 6.21. The number of rotatable bonds is 3. The van der Waals surface area contributed by atoms with Crippen molar-refractivity contribution >= 4 is 11.7 Å². The average molecular weight is 328 g/mol. The van der Waals surface area contributed by atoms with Crippen LogP contribution in [0.2, 0.25) is 0 Å². The Morgan fingerprint density at radius 1 is 1.17 bits per heavy atom. The number of nitrogens with zero attached hydrogens (tertiary/aromatic N) is 1. The van der Waals surface area contributed by atoms with Crippen LogP contribution in [0.1, 0.15) is 39.2 Å². The minimum absolute atomic E-state index is 0. The summed E-state index contributed by atoms with van der Waals surface area (Å²) in [5, 5.41) is 2.92. The zero-order valence-corrected chi connectivity index (χ0v) is 14.3. The first-order valence-electron chi connectivity index (χ1n) is 8.32. The highest BCUT2D eigenvalue weighted by atomic mass is 16.7. The number of pyridine rings is 1. The molecule has 2 aromatic rings. The van der Waals surface area contributed by atoms with Gasteiger partial charge in [0.05, 0.1) is 5.41 Å². The number of benzene rings is 1. The Bertz CT molecular complexity index is 743. The largest absolute Gasteiger partial charge is 0.454 e. The topological polar surface area (TPSA) is 60.5 Å². The molecule has 0 saturated heterocycles. The normalized spacial score (nSPS) is 16.0. The van der Waals surface area contributed by atoms with Gasteiger partial charge in [0.25, 0.3) is 0 Å². The summed E-state index contributed by atoms with van der Waals surface area (Å²) in [4.78, 5) is 16.9. The fourth-order valence-corrected chi connectivity index (χ4v) is 2.74. The lowest BCUT2D eigenvalue weighted by Gasteiger charge is -2.16. The van der Waals surface area contributed by atoms with Gasteiger partial charge in [0.2, 0.25) is 12.7 Å². The third-order valence-electron chi connectivity index (χ3n) is 4.26. The van der Waals surface area contributed by atoms with Crippen molar-refractivity contribution in [1.29, 1.82) is 0 Å². The van der Waals surface area contributed by atoms with E-state index < -0.39 is 5.41 Å². The van der Waals surface area contributed by atoms with E-state index in [-0.39, 0.29) is 14.1 Å². The first kappa shape index (κ1) is 16.3. The Labute approximate surface area is 143 Å². The maximum absolute atomic E-state index is 12.7. The molecule has 2 heterocycles. The van der Waals surface area contributed by atoms with Crippen LogP contribution in [0, 0.1) is 6.92 Å². The van der Waals surface area contributed by atoms with Crippen molar-refractivity contribution in [3.05, 3.63) is 47.7 Å². The SMILES string of the molecule is CC.Cc1ccc(NC(=O)C2(c3ccc4c(c3)OCO4)CC2)nc1.[HH]. The van der Waals surface area contributed by atoms with Gasteiger partial charge in [0, 0.05) is 7.62 Å². The second-order valence-corrected chi connectivity index (χ2v) is 5.83. The Hall–Kier alpha value is -2.56. The van der Waals surface area contributed by atoms with E-state index in [1.165, 1.54) is 0 Å². The minimum Gasteiger partial charge on any atom is -0.454 e. The van der Waals surface area contributed by atoms with Crippen molar-refractivity contribution in [1.82, 2.24) is 4.98 Å². The fraction of sp³-hybridized carbons (Fsp3) is 0.368. The van der Waals surface area contributed by atoms with Gasteiger partial charge >= 0.3 is 0 Å². The zero-order chi connectivity index (χ0) is 17.2. The zero-order valence-electron chi connectivity index (χ0n) is 14.3. The van der Waals surface area contributed by atoms with Gasteiger partial charge in [-0.2, -0.15) is 0 Å². The molecule has 4 rings (SSSR count). The molecular formula is C19H24N2O3. The molecule has 0 radical (unpaired) electrons. The van der Waals surface area contributed by atoms with E-state index in [1.54, 1.807) is 6.20 Å². The van der Waals surface area contributed by atoms with Crippen LogP contribution in [0.15, 0.2) is 36.5 Å². The van der Waals surface area contributed by atoms with Crippen molar-refractivity contribution < 1.29 is 15.7 Å². The van der Waals surface area contributed by atoms with Gasteiger partial charge in [-0.15, -0.1) is 0 Å². The molecule has 0 spiro atoms. The molecule has 5 heteroatoms. The van der Waals surface area contributed by atoms with Crippen LogP contribution in [-0.2, 0) is 10.2 Å². The van der Waals surface area contributed by atoms with E-state index in [0.717, 1.165) is 29.7 Å². The predicted molar refractivity (Wildman–Crippen MR) is 94.5 cm³/mol. The third kappa shape index (κ3) is 2.94. The molecule has 2 aliphatic rings. The maximum atomic E-state index is 12.7. The summed E-state index contributed by atoms with van der Waals surface area (Å²) in [7, 11) is 0. The number of aromatic nitrogens is 1. The number of anilines is 1. The van der Waals surface area contributed by atoms with E-state index in [9.17, 15) is 4.79 Å². The summed E-state index contributed by atoms with van der Waals surface area (Å²) in [5.41, 5.74) is 1.57. The van der Waals surface area contributed by atoms with Gasteiger partial charge in [0.15, 0.2) is 11.5 Å². The Morgan fingerprint density at radius 2 is 1.92 bits per heavy atom. The molecule has 0 atom stereocenters. The van der Waals surface area contributed by atoms with Crippen molar-refractivity contribution in [3.63, 3.8) is 0 Å². The number of hydrogen-bond donors (Lipinski definition) is 1. The quantitative estimate of drug-likeness (QED) is 0.923. The number of hydrogen-bond acceptors (Lipinski definition) is 4. The van der Waals surface area contributed by atoms with Gasteiger partial charge in [-0.1, -0.05) is 26.0 Å². The highest BCUT2D eigenvalue weighted by Crippen LogP contribution is 2.51. The molecule has 1 N–H and O–H groups in total. The standard InChI is InChI=1S/C17H16N2O3.C2H6.H2/c1-11-2-5-15(18-9-11)19-16(20)17(6-7-17)12-3-4-13-14(8-12)22-10-21-13;1-2;/h2-5,8-9H,6-7,10H2,1H3,(H,18,19,20);1-2H3;1H. The lowest BCUT2D eigenvalue weighted by molar-refractivity contribution is -0.118. The number of carbonyl (C=O) groups excluding carboxylic acids is 1. The molecular weight excluding hydrogens is 304 g/mol. The smallest absolute Gasteiger partial charge is 0.236 e. The molecule has 128 valence electrons. The van der Waals surface area contributed by atoms with Crippen LogP contribution in [0.3, 0.4) is 0 Å². The number of aryl methyl sites for hydroxylation is 1. The molecule has 1 aromatic heterocycles. The first-order valence-corrected chi connectivity index (χ1v) is 8.32. The molecule has 1 aliphatic carbocycles. The highest BCUT2D eigenvalue weighted by molar-refractivity contribution is 6.01. The van der Waals surface area contributed by atoms with Crippen LogP contribution < -0.4 is 14.8 Å². The van der Waals surface area contributed by atoms with Crippen LogP contribution in [0.25, 0.3) is 0 Å². The molecule has 1 amide bonds. The van der Waals surface area contributed by atoms with E-state index in [2.05, 4.69) is 10.3 Å². The van der Waals surface area contributed by atoms with Crippen molar-refractivity contribution in [2.75, 3.05) is 12.1 Å². The molecule has 1 saturated carbocycles. The van der Waals surface area contributed by atoms with Crippen molar-refractivity contribution in [2.45, 2.75) is 39.0 Å². The third-order valence-corrected chi connectivity index (χ3v) is 4.26. The fourth-order valence-electron chi connectivity index (χ4n) is 2.74. The number of nitrogens with one attached hydrogen (secondary N) is 1. The molecule has 1 aromatic carbocycles. The second kappa shape index (κ2) is 6.51. The molecule has 24 heavy (non-hydrogen) atoms. The number of ether oxygens (including phenoxy) is 2. The number of fused-ring (bicyclic) bond motifs is 1. The van der Waals surface area contributed by atoms with E-state index in [4.69, 9.17) is 9.47 Å². The lowest BCUT2D eigenvalue weighted by Crippen LogP contribution is -2.28. The molecule has 1 fully saturated rings. The predicted octanol–water partition coefficient (Wildman–Crippen LogP) is 4.06. The van der Waals surface area contributed by atoms with E-state index in [1.807, 2.05) is 51.1 Å². The monoisotopic (exact) mass is 328 g/mol. The first-order chi connectivity index (χ1) is 11.7. The lowest BCUT2D eigenvalue weighted by atomic mass is 9.94. The van der Waals surface area contributed by atoms with Gasteiger partial charge in [-0.3, -0.25) is 4.79 Å².